The monoisotopic (exact) mass is 258 g/mol. The molecule has 1 aliphatic carbocycles. The summed E-state index contributed by atoms with van der Waals surface area (Å²) >= 11 is 0. The number of hydrogen-bond acceptors (Lipinski definition) is 2. The van der Waals surface area contributed by atoms with Gasteiger partial charge in [-0.05, 0) is 48.4 Å². The summed E-state index contributed by atoms with van der Waals surface area (Å²) in [6.07, 6.45) is 5.53. The molecule has 0 spiro atoms. The van der Waals surface area contributed by atoms with Crippen LogP contribution in [0.15, 0.2) is 35.9 Å². The maximum Gasteiger partial charge on any atom is 0.156 e. The summed E-state index contributed by atoms with van der Waals surface area (Å²) in [6, 6.07) is 8.16. The fourth-order valence-electron chi connectivity index (χ4n) is 2.74. The molecule has 0 aliphatic heterocycles. The van der Waals surface area contributed by atoms with Crippen LogP contribution in [0.3, 0.4) is 0 Å². The van der Waals surface area contributed by atoms with Crippen LogP contribution in [-0.2, 0) is 11.2 Å². The molecular formula is C17H22O2. The van der Waals surface area contributed by atoms with Crippen molar-refractivity contribution in [2.45, 2.75) is 39.5 Å². The Hall–Kier alpha value is -1.57. The molecule has 1 aromatic rings. The van der Waals surface area contributed by atoms with Crippen LogP contribution in [0.1, 0.15) is 38.7 Å². The predicted molar refractivity (Wildman–Crippen MR) is 77.4 cm³/mol. The molecule has 0 amide bonds. The molecule has 0 atom stereocenters. The summed E-state index contributed by atoms with van der Waals surface area (Å²) in [5.41, 5.74) is 2.70. The average Bonchev–Trinajstić information content (AvgIpc) is 2.34. The third kappa shape index (κ3) is 3.95. The van der Waals surface area contributed by atoms with Crippen LogP contribution in [-0.4, -0.2) is 12.9 Å². The Balaban J connectivity index is 1.96. The van der Waals surface area contributed by atoms with Gasteiger partial charge in [0.1, 0.15) is 5.75 Å². The first-order valence-electron chi connectivity index (χ1n) is 6.84. The molecule has 19 heavy (non-hydrogen) atoms. The van der Waals surface area contributed by atoms with E-state index in [-0.39, 0.29) is 11.2 Å². The first-order valence-corrected chi connectivity index (χ1v) is 6.84. The lowest BCUT2D eigenvalue weighted by atomic mass is 9.75. The summed E-state index contributed by atoms with van der Waals surface area (Å²) in [7, 11) is 1.68. The quantitative estimate of drug-likeness (QED) is 0.817. The summed E-state index contributed by atoms with van der Waals surface area (Å²) in [5.74, 6) is 1.16. The molecule has 1 aromatic carbocycles. The van der Waals surface area contributed by atoms with Crippen LogP contribution in [0.4, 0.5) is 0 Å². The highest BCUT2D eigenvalue weighted by atomic mass is 16.5. The van der Waals surface area contributed by atoms with Gasteiger partial charge in [-0.25, -0.2) is 0 Å². The lowest BCUT2D eigenvalue weighted by molar-refractivity contribution is -0.117. The van der Waals surface area contributed by atoms with Crippen molar-refractivity contribution in [1.29, 1.82) is 0 Å². The van der Waals surface area contributed by atoms with E-state index in [4.69, 9.17) is 4.74 Å². The Kier molecular flexibility index (Phi) is 4.08. The van der Waals surface area contributed by atoms with Gasteiger partial charge >= 0.3 is 0 Å². The molecule has 0 heterocycles. The number of rotatable bonds is 4. The van der Waals surface area contributed by atoms with E-state index in [0.29, 0.717) is 6.42 Å². The van der Waals surface area contributed by atoms with Gasteiger partial charge in [0.15, 0.2) is 5.78 Å². The maximum absolute atomic E-state index is 11.7. The topological polar surface area (TPSA) is 26.3 Å². The molecule has 2 rings (SSSR count). The van der Waals surface area contributed by atoms with Gasteiger partial charge in [0.25, 0.3) is 0 Å². The van der Waals surface area contributed by atoms with Gasteiger partial charge < -0.3 is 4.74 Å². The highest BCUT2D eigenvalue weighted by molar-refractivity contribution is 5.91. The number of aryl methyl sites for hydroxylation is 1. The first-order chi connectivity index (χ1) is 8.98. The largest absolute Gasteiger partial charge is 0.497 e. The molecular weight excluding hydrogens is 236 g/mol. The molecule has 0 N–H and O–H groups in total. The molecule has 0 saturated heterocycles. The third-order valence-electron chi connectivity index (χ3n) is 3.62. The summed E-state index contributed by atoms with van der Waals surface area (Å²) < 4.78 is 5.15. The SMILES string of the molecule is COc1ccc(CCC2=CC(=O)CC(C)(C)C2)cc1. The standard InChI is InChI=1S/C17H22O2/c1-17(2)11-14(10-15(18)12-17)5-4-13-6-8-16(19-3)9-7-13/h6-10H,4-5,11-12H2,1-3H3. The third-order valence-corrected chi connectivity index (χ3v) is 3.62. The van der Waals surface area contributed by atoms with Crippen molar-refractivity contribution in [2.75, 3.05) is 7.11 Å². The number of benzene rings is 1. The van der Waals surface area contributed by atoms with Crippen LogP contribution in [0.25, 0.3) is 0 Å². The second-order valence-corrected chi connectivity index (χ2v) is 6.13. The van der Waals surface area contributed by atoms with Crippen molar-refractivity contribution < 1.29 is 9.53 Å². The zero-order valence-electron chi connectivity index (χ0n) is 12.0. The summed E-state index contributed by atoms with van der Waals surface area (Å²) in [6.45, 7) is 4.34. The van der Waals surface area contributed by atoms with Crippen molar-refractivity contribution in [2.24, 2.45) is 5.41 Å². The number of carbonyl (C=O) groups excluding carboxylic acids is 1. The van der Waals surface area contributed by atoms with Crippen molar-refractivity contribution in [3.63, 3.8) is 0 Å². The average molecular weight is 258 g/mol. The van der Waals surface area contributed by atoms with Gasteiger partial charge in [0, 0.05) is 6.42 Å². The fourth-order valence-corrected chi connectivity index (χ4v) is 2.74. The van der Waals surface area contributed by atoms with Gasteiger partial charge in [-0.2, -0.15) is 0 Å². The van der Waals surface area contributed by atoms with Gasteiger partial charge in [-0.15, -0.1) is 0 Å². The van der Waals surface area contributed by atoms with Crippen LogP contribution in [0.5, 0.6) is 5.75 Å². The molecule has 0 unspecified atom stereocenters. The number of ketones is 1. The van der Waals surface area contributed by atoms with Crippen molar-refractivity contribution >= 4 is 5.78 Å². The highest BCUT2D eigenvalue weighted by Gasteiger charge is 2.26. The molecule has 2 heteroatoms. The van der Waals surface area contributed by atoms with E-state index in [2.05, 4.69) is 26.0 Å². The fraction of sp³-hybridized carbons (Fsp3) is 0.471. The number of ether oxygens (including phenoxy) is 1. The van der Waals surface area contributed by atoms with Crippen molar-refractivity contribution in [1.82, 2.24) is 0 Å². The molecule has 1 aliphatic rings. The Morgan fingerprint density at radius 3 is 2.37 bits per heavy atom. The Morgan fingerprint density at radius 1 is 1.11 bits per heavy atom. The summed E-state index contributed by atoms with van der Waals surface area (Å²) in [4.78, 5) is 11.7. The van der Waals surface area contributed by atoms with Gasteiger partial charge in [0.2, 0.25) is 0 Å². The van der Waals surface area contributed by atoms with Gasteiger partial charge in [-0.3, -0.25) is 4.79 Å². The molecule has 0 bridgehead atoms. The molecule has 0 radical (unpaired) electrons. The van der Waals surface area contributed by atoms with Gasteiger partial charge in [-0.1, -0.05) is 31.6 Å². The number of carbonyl (C=O) groups is 1. The molecule has 2 nitrogen and oxygen atoms in total. The summed E-state index contributed by atoms with van der Waals surface area (Å²) in [5, 5.41) is 0. The van der Waals surface area contributed by atoms with E-state index in [1.54, 1.807) is 7.11 Å². The maximum atomic E-state index is 11.7. The van der Waals surface area contributed by atoms with Crippen LogP contribution in [0, 0.1) is 5.41 Å². The number of allylic oxidation sites excluding steroid dienone is 2. The zero-order chi connectivity index (χ0) is 13.9. The highest BCUT2D eigenvalue weighted by Crippen LogP contribution is 2.35. The predicted octanol–water partition coefficient (Wildman–Crippen LogP) is 3.94. The van der Waals surface area contributed by atoms with E-state index in [1.165, 1.54) is 11.1 Å². The first kappa shape index (κ1) is 13.9. The molecule has 102 valence electrons. The molecule has 0 aromatic heterocycles. The second kappa shape index (κ2) is 5.60. The Morgan fingerprint density at radius 2 is 1.79 bits per heavy atom. The van der Waals surface area contributed by atoms with Crippen molar-refractivity contribution in [3.8, 4) is 5.75 Å². The normalized spacial score (nSPS) is 18.1. The van der Waals surface area contributed by atoms with E-state index >= 15 is 0 Å². The number of hydrogen-bond donors (Lipinski definition) is 0. The van der Waals surface area contributed by atoms with Crippen molar-refractivity contribution in [3.05, 3.63) is 41.5 Å². The van der Waals surface area contributed by atoms with E-state index in [0.717, 1.165) is 25.0 Å². The van der Waals surface area contributed by atoms with E-state index in [9.17, 15) is 4.79 Å². The molecule has 0 fully saturated rings. The lowest BCUT2D eigenvalue weighted by Crippen LogP contribution is -2.21. The number of methoxy groups -OCH3 is 1. The zero-order valence-corrected chi connectivity index (χ0v) is 12.0. The Bertz CT molecular complexity index is 480. The Labute approximate surface area is 115 Å². The lowest BCUT2D eigenvalue weighted by Gasteiger charge is -2.28. The van der Waals surface area contributed by atoms with Gasteiger partial charge in [0.05, 0.1) is 7.11 Å². The van der Waals surface area contributed by atoms with Crippen LogP contribution >= 0.6 is 0 Å². The van der Waals surface area contributed by atoms with Crippen LogP contribution < -0.4 is 4.74 Å². The minimum Gasteiger partial charge on any atom is -0.497 e. The van der Waals surface area contributed by atoms with Crippen LogP contribution in [0.2, 0.25) is 0 Å². The van der Waals surface area contributed by atoms with E-state index < -0.39 is 0 Å². The van der Waals surface area contributed by atoms with E-state index in [1.807, 2.05) is 18.2 Å². The second-order valence-electron chi connectivity index (χ2n) is 6.13. The minimum absolute atomic E-state index is 0.126. The smallest absolute Gasteiger partial charge is 0.156 e. The molecule has 0 saturated carbocycles. The minimum atomic E-state index is 0.126.